The van der Waals surface area contributed by atoms with Gasteiger partial charge in [0.15, 0.2) is 6.29 Å². The average molecular weight is 948 g/mol. The van der Waals surface area contributed by atoms with Gasteiger partial charge in [-0.2, -0.15) is 0 Å². The van der Waals surface area contributed by atoms with Gasteiger partial charge in [0.25, 0.3) is 0 Å². The van der Waals surface area contributed by atoms with Crippen LogP contribution in [0.1, 0.15) is 240 Å². The van der Waals surface area contributed by atoms with Gasteiger partial charge in [-0.3, -0.25) is 4.79 Å². The Kier molecular flexibility index (Phi) is 33.5. The van der Waals surface area contributed by atoms with E-state index in [-0.39, 0.29) is 19.6 Å². The Hall–Kier alpha value is -1.37. The highest BCUT2D eigenvalue weighted by Crippen LogP contribution is 2.46. The summed E-state index contributed by atoms with van der Waals surface area (Å²) in [6, 6.07) is -0.865. The summed E-state index contributed by atoms with van der Waals surface area (Å²) >= 11 is 0. The predicted octanol–water partition coefficient (Wildman–Crippen LogP) is 12.0. The van der Waals surface area contributed by atoms with Gasteiger partial charge in [-0.05, 0) is 82.5 Å². The number of allylic oxidation sites excluding steroid dienone is 3. The van der Waals surface area contributed by atoms with Crippen LogP contribution in [-0.4, -0.2) is 100 Å². The van der Waals surface area contributed by atoms with Crippen LogP contribution < -0.4 is 5.32 Å². The number of amides is 1. The quantitative estimate of drug-likeness (QED) is 0.0258. The zero-order valence-electron chi connectivity index (χ0n) is 43.5. The van der Waals surface area contributed by atoms with Crippen molar-refractivity contribution < 1.29 is 44.5 Å². The number of hydrogen-bond donors (Lipinski definition) is 6. The zero-order chi connectivity index (χ0) is 48.5. The van der Waals surface area contributed by atoms with Crippen LogP contribution in [0.25, 0.3) is 0 Å². The third-order valence-corrected chi connectivity index (χ3v) is 15.2. The van der Waals surface area contributed by atoms with E-state index in [1.54, 1.807) is 0 Å². The summed E-state index contributed by atoms with van der Waals surface area (Å²) in [6.07, 6.45) is 38.3. The number of rotatable bonds is 44. The molecule has 10 nitrogen and oxygen atoms in total. The molecule has 2 saturated carbocycles. The van der Waals surface area contributed by atoms with Gasteiger partial charge >= 0.3 is 0 Å². The van der Waals surface area contributed by atoms with Crippen LogP contribution in [0.3, 0.4) is 0 Å². The number of hydrogen-bond acceptors (Lipinski definition) is 9. The normalized spacial score (nSPS) is 26.1. The molecule has 0 aromatic rings. The van der Waals surface area contributed by atoms with Crippen molar-refractivity contribution in [3.8, 4) is 0 Å². The molecule has 12 atom stereocenters. The average Bonchev–Trinajstić information content (AvgIpc) is 4.25. The molecule has 3 aliphatic rings. The second-order valence-electron chi connectivity index (χ2n) is 21.5. The highest BCUT2D eigenvalue weighted by molar-refractivity contribution is 5.80. The Morgan fingerprint density at radius 3 is 1.61 bits per heavy atom. The molecule has 67 heavy (non-hydrogen) atoms. The molecular formula is C57H105NO9. The van der Waals surface area contributed by atoms with Gasteiger partial charge in [0, 0.05) is 0 Å². The molecule has 0 aromatic carbocycles. The fourth-order valence-electron chi connectivity index (χ4n) is 10.3. The number of nitrogens with one attached hydrogen (secondary N) is 1. The van der Waals surface area contributed by atoms with Gasteiger partial charge in [-0.15, -0.1) is 0 Å². The summed E-state index contributed by atoms with van der Waals surface area (Å²) in [6.45, 7) is 7.82. The molecule has 1 saturated heterocycles. The molecule has 0 radical (unpaired) electrons. The van der Waals surface area contributed by atoms with E-state index in [9.17, 15) is 30.3 Å². The van der Waals surface area contributed by atoms with Crippen molar-refractivity contribution in [3.63, 3.8) is 0 Å². The van der Waals surface area contributed by atoms with Crippen LogP contribution in [0.2, 0.25) is 0 Å². The van der Waals surface area contributed by atoms with Crippen LogP contribution >= 0.6 is 0 Å². The Bertz CT molecular complexity index is 1280. The lowest BCUT2D eigenvalue weighted by molar-refractivity contribution is -0.310. The number of unbranched alkanes of at least 4 members (excludes halogenated alkanes) is 20. The second kappa shape index (κ2) is 37.4. The van der Waals surface area contributed by atoms with Gasteiger partial charge in [-0.1, -0.05) is 205 Å². The van der Waals surface area contributed by atoms with Crippen molar-refractivity contribution in [2.45, 2.75) is 289 Å². The topological polar surface area (TPSA) is 158 Å². The van der Waals surface area contributed by atoms with E-state index in [1.807, 2.05) is 19.9 Å². The molecule has 1 aliphatic heterocycles. The molecule has 0 spiro atoms. The maximum absolute atomic E-state index is 13.4. The lowest BCUT2D eigenvalue weighted by Crippen LogP contribution is -2.61. The summed E-state index contributed by atoms with van der Waals surface area (Å²) in [7, 11) is 0. The van der Waals surface area contributed by atoms with E-state index in [2.05, 4.69) is 31.3 Å². The molecule has 10 heteroatoms. The third-order valence-electron chi connectivity index (χ3n) is 15.2. The molecule has 0 aromatic heterocycles. The monoisotopic (exact) mass is 948 g/mol. The molecule has 1 amide bonds. The minimum atomic E-state index is -1.39. The first-order chi connectivity index (χ1) is 32.6. The first-order valence-electron chi connectivity index (χ1n) is 28.4. The van der Waals surface area contributed by atoms with Gasteiger partial charge < -0.3 is 45.1 Å². The Balaban J connectivity index is 1.37. The lowest BCUT2D eigenvalue weighted by atomic mass is 9.99. The molecule has 392 valence electrons. The Labute approximate surface area is 410 Å². The van der Waals surface area contributed by atoms with Crippen molar-refractivity contribution in [3.05, 3.63) is 23.8 Å². The standard InChI is InChI=1S/C57H105NO9/c1-5-7-9-11-13-15-20-26-32-45-40-47(45)34-28-22-17-18-24-31-37-51(61)56(64)58-49(43-66-57-55(65-39-38-44(3)4)54(63)53(62)52(42-59)67-57)50(60)36-30-25-19-23-29-35-48-41-46(48)33-27-21-16-14-12-10-8-6-2/h18,24,38,45-55,57,59-63H,5-17,19-23,25-37,39-43H2,1-4H3,(H,58,64)/b24-18-/t45-,46-,47+,48+,49?,50-,51?,52?,53+,54?,55?,57-/m1/s1. The lowest BCUT2D eigenvalue weighted by Gasteiger charge is -2.42. The van der Waals surface area contributed by atoms with Crippen molar-refractivity contribution in [2.75, 3.05) is 19.8 Å². The predicted molar refractivity (Wildman–Crippen MR) is 274 cm³/mol. The third kappa shape index (κ3) is 27.2. The fourth-order valence-corrected chi connectivity index (χ4v) is 10.3. The van der Waals surface area contributed by atoms with E-state index in [0.29, 0.717) is 12.8 Å². The van der Waals surface area contributed by atoms with Gasteiger partial charge in [-0.25, -0.2) is 0 Å². The number of aliphatic hydroxyl groups is 5. The minimum absolute atomic E-state index is 0.147. The van der Waals surface area contributed by atoms with E-state index in [4.69, 9.17) is 14.2 Å². The van der Waals surface area contributed by atoms with Crippen molar-refractivity contribution in [2.24, 2.45) is 23.7 Å². The maximum atomic E-state index is 13.4. The van der Waals surface area contributed by atoms with E-state index < -0.39 is 61.5 Å². The van der Waals surface area contributed by atoms with Gasteiger partial charge in [0.2, 0.25) is 5.91 Å². The van der Waals surface area contributed by atoms with Gasteiger partial charge in [0.1, 0.15) is 30.5 Å². The molecule has 3 fully saturated rings. The molecule has 6 N–H and O–H groups in total. The molecule has 3 rings (SSSR count). The largest absolute Gasteiger partial charge is 0.394 e. The highest BCUT2D eigenvalue weighted by Gasteiger charge is 2.46. The van der Waals surface area contributed by atoms with Crippen molar-refractivity contribution in [1.82, 2.24) is 5.32 Å². The maximum Gasteiger partial charge on any atom is 0.249 e. The Morgan fingerprint density at radius 2 is 1.10 bits per heavy atom. The van der Waals surface area contributed by atoms with Crippen LogP contribution in [0.5, 0.6) is 0 Å². The second-order valence-corrected chi connectivity index (χ2v) is 21.5. The van der Waals surface area contributed by atoms with Crippen LogP contribution in [0.15, 0.2) is 23.8 Å². The SMILES string of the molecule is CCCCCCCCCC[C@@H]1C[C@@H]1CCCC/C=C\CCC(O)C(=O)NC(CO[C@@H]1OC(CO)[C@H](O)C(O)C1OCC=C(C)C)[C@H](O)CCCCCCC[C@H]1C[C@H]1CCCCCCCCCC. The summed E-state index contributed by atoms with van der Waals surface area (Å²) in [5.74, 6) is 3.21. The summed E-state index contributed by atoms with van der Waals surface area (Å²) in [5, 5.41) is 56.6. The molecular weight excluding hydrogens is 843 g/mol. The molecule has 2 aliphatic carbocycles. The molecule has 1 heterocycles. The number of aliphatic hydroxyl groups excluding tert-OH is 5. The molecule has 0 bridgehead atoms. The van der Waals surface area contributed by atoms with Crippen LogP contribution in [-0.2, 0) is 19.0 Å². The van der Waals surface area contributed by atoms with Crippen LogP contribution in [0.4, 0.5) is 0 Å². The number of carbonyl (C=O) groups excluding carboxylic acids is 1. The summed E-state index contributed by atoms with van der Waals surface area (Å²) < 4.78 is 17.9. The zero-order valence-corrected chi connectivity index (χ0v) is 43.5. The van der Waals surface area contributed by atoms with E-state index in [0.717, 1.165) is 54.9 Å². The number of ether oxygens (including phenoxy) is 3. The van der Waals surface area contributed by atoms with E-state index in [1.165, 1.54) is 167 Å². The van der Waals surface area contributed by atoms with E-state index >= 15 is 0 Å². The fraction of sp³-hybridized carbons (Fsp3) is 0.912. The molecule has 5 unspecified atom stereocenters. The highest BCUT2D eigenvalue weighted by atomic mass is 16.7. The van der Waals surface area contributed by atoms with Crippen molar-refractivity contribution >= 4 is 5.91 Å². The number of carbonyl (C=O) groups is 1. The summed E-state index contributed by atoms with van der Waals surface area (Å²) in [5.41, 5.74) is 1.01. The first kappa shape index (κ1) is 59.9. The van der Waals surface area contributed by atoms with Crippen molar-refractivity contribution in [1.29, 1.82) is 0 Å². The summed E-state index contributed by atoms with van der Waals surface area (Å²) in [4.78, 5) is 13.4. The Morgan fingerprint density at radius 1 is 0.627 bits per heavy atom. The minimum Gasteiger partial charge on any atom is -0.394 e. The van der Waals surface area contributed by atoms with Crippen LogP contribution in [0, 0.1) is 23.7 Å². The first-order valence-corrected chi connectivity index (χ1v) is 28.4. The van der Waals surface area contributed by atoms with Gasteiger partial charge in [0.05, 0.1) is 32.0 Å². The smallest absolute Gasteiger partial charge is 0.249 e.